The predicted molar refractivity (Wildman–Crippen MR) is 70.2 cm³/mol. The number of carboxylic acid groups (broad SMARTS) is 1. The largest absolute Gasteiger partial charge is 0.573 e. The quantitative estimate of drug-likeness (QED) is 0.895. The van der Waals surface area contributed by atoms with Crippen molar-refractivity contribution in [1.82, 2.24) is 0 Å². The molecule has 120 valence electrons. The fraction of sp³-hybridized carbons (Fsp3) is 0.429. The molecule has 1 aliphatic rings. The van der Waals surface area contributed by atoms with Crippen LogP contribution in [0.1, 0.15) is 13.8 Å². The molecule has 1 aromatic carbocycles. The van der Waals surface area contributed by atoms with Crippen molar-refractivity contribution in [3.05, 3.63) is 24.3 Å². The molecule has 0 radical (unpaired) electrons. The molecular weight excluding hydrogens is 303 g/mol. The summed E-state index contributed by atoms with van der Waals surface area (Å²) in [6, 6.07) is 4.82. The predicted octanol–water partition coefficient (Wildman–Crippen LogP) is 2.88. The number of carbonyl (C=O) groups excluding carboxylic acids is 1. The summed E-state index contributed by atoms with van der Waals surface area (Å²) < 4.78 is 40.2. The molecule has 5 nitrogen and oxygen atoms in total. The number of carboxylic acids is 1. The number of ether oxygens (including phenoxy) is 1. The van der Waals surface area contributed by atoms with E-state index in [0.717, 1.165) is 12.1 Å². The lowest BCUT2D eigenvalue weighted by molar-refractivity contribution is -0.274. The van der Waals surface area contributed by atoms with E-state index in [1.807, 2.05) is 0 Å². The number of halogens is 3. The molecule has 0 spiro atoms. The van der Waals surface area contributed by atoms with E-state index in [1.165, 1.54) is 12.1 Å². The van der Waals surface area contributed by atoms with Crippen molar-refractivity contribution in [1.29, 1.82) is 0 Å². The fourth-order valence-corrected chi connectivity index (χ4v) is 2.58. The van der Waals surface area contributed by atoms with Crippen LogP contribution in [0.2, 0.25) is 0 Å². The number of amides is 1. The second kappa shape index (κ2) is 5.19. The van der Waals surface area contributed by atoms with Gasteiger partial charge in [-0.25, -0.2) is 0 Å². The van der Waals surface area contributed by atoms with Gasteiger partial charge in [0.15, 0.2) is 0 Å². The number of aliphatic carboxylic acids is 1. The first-order valence-electron chi connectivity index (χ1n) is 6.42. The van der Waals surface area contributed by atoms with Crippen LogP contribution in [0.15, 0.2) is 24.3 Å². The van der Waals surface area contributed by atoms with Crippen molar-refractivity contribution >= 4 is 17.6 Å². The van der Waals surface area contributed by atoms with Gasteiger partial charge in [-0.1, -0.05) is 19.9 Å². The molecule has 0 heterocycles. The van der Waals surface area contributed by atoms with Crippen LogP contribution in [-0.2, 0) is 9.59 Å². The standard InChI is InChI=1S/C14H14F3NO4/c1-13(2)9(10(13)12(20)21)11(19)18-7-4-3-5-8(6-7)22-14(15,16)17/h3-6,9-10H,1-2H3,(H,18,19)(H,20,21). The van der Waals surface area contributed by atoms with Gasteiger partial charge >= 0.3 is 12.3 Å². The highest BCUT2D eigenvalue weighted by Gasteiger charge is 2.65. The Hall–Kier alpha value is -2.25. The van der Waals surface area contributed by atoms with Gasteiger partial charge in [-0.2, -0.15) is 0 Å². The third-order valence-corrected chi connectivity index (χ3v) is 3.71. The summed E-state index contributed by atoms with van der Waals surface area (Å²) in [7, 11) is 0. The Morgan fingerprint density at radius 2 is 1.91 bits per heavy atom. The Morgan fingerprint density at radius 1 is 1.27 bits per heavy atom. The van der Waals surface area contributed by atoms with Crippen molar-refractivity contribution in [3.8, 4) is 5.75 Å². The minimum absolute atomic E-state index is 0.110. The van der Waals surface area contributed by atoms with Gasteiger partial charge in [-0.15, -0.1) is 13.2 Å². The van der Waals surface area contributed by atoms with E-state index in [1.54, 1.807) is 13.8 Å². The molecule has 22 heavy (non-hydrogen) atoms. The van der Waals surface area contributed by atoms with Gasteiger partial charge in [0.05, 0.1) is 11.8 Å². The first-order valence-corrected chi connectivity index (χ1v) is 6.42. The first-order chi connectivity index (χ1) is 10.0. The van der Waals surface area contributed by atoms with Crippen molar-refractivity contribution in [2.45, 2.75) is 20.2 Å². The molecular formula is C14H14F3NO4. The molecule has 1 aromatic rings. The van der Waals surface area contributed by atoms with E-state index in [9.17, 15) is 22.8 Å². The maximum absolute atomic E-state index is 12.1. The summed E-state index contributed by atoms with van der Waals surface area (Å²) in [5, 5.41) is 11.4. The molecule has 0 saturated heterocycles. The average Bonchev–Trinajstić information content (AvgIpc) is 2.90. The molecule has 1 fully saturated rings. The van der Waals surface area contributed by atoms with E-state index in [2.05, 4.69) is 10.1 Å². The average molecular weight is 317 g/mol. The van der Waals surface area contributed by atoms with Crippen LogP contribution < -0.4 is 10.1 Å². The number of hydrogen-bond donors (Lipinski definition) is 2. The normalized spacial score (nSPS) is 22.8. The first kappa shape index (κ1) is 16.1. The number of carbonyl (C=O) groups is 2. The Morgan fingerprint density at radius 3 is 2.41 bits per heavy atom. The molecule has 0 aromatic heterocycles. The minimum Gasteiger partial charge on any atom is -0.481 e. The maximum Gasteiger partial charge on any atom is 0.573 e. The minimum atomic E-state index is -4.82. The summed E-state index contributed by atoms with van der Waals surface area (Å²) in [5.74, 6) is -3.60. The van der Waals surface area contributed by atoms with Crippen molar-refractivity contribution < 1.29 is 32.6 Å². The Kier molecular flexibility index (Phi) is 3.80. The molecule has 1 aliphatic carbocycles. The number of benzene rings is 1. The van der Waals surface area contributed by atoms with E-state index < -0.39 is 41.2 Å². The molecule has 1 amide bonds. The summed E-state index contributed by atoms with van der Waals surface area (Å²) >= 11 is 0. The van der Waals surface area contributed by atoms with E-state index in [0.29, 0.717) is 0 Å². The second-order valence-electron chi connectivity index (χ2n) is 5.68. The lowest BCUT2D eigenvalue weighted by Crippen LogP contribution is -2.19. The molecule has 2 atom stereocenters. The Bertz CT molecular complexity index is 612. The highest BCUT2D eigenvalue weighted by molar-refractivity contribution is 5.99. The fourth-order valence-electron chi connectivity index (χ4n) is 2.58. The van der Waals surface area contributed by atoms with Gasteiger partial charge in [0, 0.05) is 11.8 Å². The van der Waals surface area contributed by atoms with Crippen molar-refractivity contribution in [2.24, 2.45) is 17.3 Å². The van der Waals surface area contributed by atoms with Crippen LogP contribution in [0.5, 0.6) is 5.75 Å². The van der Waals surface area contributed by atoms with Gasteiger partial charge in [-0.05, 0) is 17.5 Å². The molecule has 1 saturated carbocycles. The number of rotatable bonds is 4. The number of nitrogens with one attached hydrogen (secondary N) is 1. The topological polar surface area (TPSA) is 75.6 Å². The monoisotopic (exact) mass is 317 g/mol. The van der Waals surface area contributed by atoms with Crippen LogP contribution in [0, 0.1) is 17.3 Å². The van der Waals surface area contributed by atoms with Gasteiger partial charge in [0.1, 0.15) is 5.75 Å². The lowest BCUT2D eigenvalue weighted by Gasteiger charge is -2.11. The highest BCUT2D eigenvalue weighted by atomic mass is 19.4. The summed E-state index contributed by atoms with van der Waals surface area (Å²) in [5.41, 5.74) is -0.575. The van der Waals surface area contributed by atoms with E-state index in [4.69, 9.17) is 5.11 Å². The number of hydrogen-bond acceptors (Lipinski definition) is 3. The summed E-state index contributed by atoms with van der Waals surface area (Å²) in [6.07, 6.45) is -4.82. The highest BCUT2D eigenvalue weighted by Crippen LogP contribution is 2.58. The summed E-state index contributed by atoms with van der Waals surface area (Å²) in [4.78, 5) is 23.1. The second-order valence-corrected chi connectivity index (χ2v) is 5.68. The molecule has 2 unspecified atom stereocenters. The van der Waals surface area contributed by atoms with Crippen molar-refractivity contribution in [2.75, 3.05) is 5.32 Å². The SMILES string of the molecule is CC1(C)C(C(=O)O)C1C(=O)Nc1cccc(OC(F)(F)F)c1. The Balaban J connectivity index is 2.07. The van der Waals surface area contributed by atoms with Gasteiger partial charge in [0.2, 0.25) is 5.91 Å². The van der Waals surface area contributed by atoms with Crippen molar-refractivity contribution in [3.63, 3.8) is 0 Å². The van der Waals surface area contributed by atoms with Crippen LogP contribution in [0.3, 0.4) is 0 Å². The van der Waals surface area contributed by atoms with Gasteiger partial charge < -0.3 is 15.2 Å². The molecule has 0 bridgehead atoms. The molecule has 2 N–H and O–H groups in total. The third kappa shape index (κ3) is 3.32. The number of alkyl halides is 3. The molecule has 0 aliphatic heterocycles. The Labute approximate surface area is 124 Å². The van der Waals surface area contributed by atoms with E-state index >= 15 is 0 Å². The van der Waals surface area contributed by atoms with Gasteiger partial charge in [-0.3, -0.25) is 9.59 Å². The van der Waals surface area contributed by atoms with Crippen LogP contribution in [0.25, 0.3) is 0 Å². The van der Waals surface area contributed by atoms with E-state index in [-0.39, 0.29) is 5.69 Å². The smallest absolute Gasteiger partial charge is 0.481 e. The van der Waals surface area contributed by atoms with Gasteiger partial charge in [0.25, 0.3) is 0 Å². The zero-order valence-corrected chi connectivity index (χ0v) is 11.8. The van der Waals surface area contributed by atoms with Crippen LogP contribution >= 0.6 is 0 Å². The van der Waals surface area contributed by atoms with Crippen LogP contribution in [0.4, 0.5) is 18.9 Å². The summed E-state index contributed by atoms with van der Waals surface area (Å²) in [6.45, 7) is 3.30. The zero-order chi connectivity index (χ0) is 16.7. The lowest BCUT2D eigenvalue weighted by atomic mass is 10.1. The molecule has 2 rings (SSSR count). The maximum atomic E-state index is 12.1. The third-order valence-electron chi connectivity index (χ3n) is 3.71. The van der Waals surface area contributed by atoms with Crippen LogP contribution in [-0.4, -0.2) is 23.3 Å². The zero-order valence-electron chi connectivity index (χ0n) is 11.8. The molecule has 8 heteroatoms. The number of anilines is 1.